The van der Waals surface area contributed by atoms with Gasteiger partial charge in [0.1, 0.15) is 31.3 Å². The van der Waals surface area contributed by atoms with Crippen LogP contribution in [-0.2, 0) is 11.3 Å². The largest absolute Gasteiger partial charge is 0.490 e. The molecule has 2 aliphatic heterocycles. The monoisotopic (exact) mass is 522 g/mol. The zero-order valence-electron chi connectivity index (χ0n) is 21.7. The van der Waals surface area contributed by atoms with Crippen LogP contribution in [0.1, 0.15) is 18.4 Å². The molecule has 0 spiro atoms. The molecule has 1 N–H and O–H groups in total. The van der Waals surface area contributed by atoms with Gasteiger partial charge in [-0.25, -0.2) is 14.8 Å². The zero-order valence-corrected chi connectivity index (χ0v) is 21.7. The van der Waals surface area contributed by atoms with Gasteiger partial charge >= 0.3 is 6.09 Å². The highest BCUT2D eigenvalue weighted by Gasteiger charge is 2.34. The molecule has 5 rings (SSSR count). The molecule has 2 atom stereocenters. The highest BCUT2D eigenvalue weighted by molar-refractivity contribution is 5.69. The lowest BCUT2D eigenvalue weighted by atomic mass is 10.1. The third kappa shape index (κ3) is 7.97. The summed E-state index contributed by atoms with van der Waals surface area (Å²) in [5.74, 6) is 2.59. The molecule has 2 aromatic heterocycles. The standard InChI is InChI=1S/C18H20N2O4.C10H14N2O2/c1-22-17-8-7-16(11-19-17)23-13-15-9-10-20(15)18(21)24-12-14-5-3-2-4-6-14;1-13-10-3-2-9(6-12-10)14-7-8-4-5-11-8/h2-8,11,15H,9-10,12-13H2,1H3;2-3,6,8,11H,4-5,7H2,1H3/t15-;8-/m11/s1. The fourth-order valence-corrected chi connectivity index (χ4v) is 3.68. The van der Waals surface area contributed by atoms with Gasteiger partial charge in [0.05, 0.1) is 32.7 Å². The summed E-state index contributed by atoms with van der Waals surface area (Å²) in [7, 11) is 3.16. The predicted octanol–water partition coefficient (Wildman–Crippen LogP) is 3.71. The Morgan fingerprint density at radius 2 is 1.53 bits per heavy atom. The van der Waals surface area contributed by atoms with Crippen molar-refractivity contribution in [2.45, 2.75) is 31.5 Å². The summed E-state index contributed by atoms with van der Waals surface area (Å²) in [6.07, 6.45) is 5.09. The van der Waals surface area contributed by atoms with Gasteiger partial charge in [-0.15, -0.1) is 0 Å². The number of hydrogen-bond donors (Lipinski definition) is 1. The van der Waals surface area contributed by atoms with Crippen LogP contribution in [-0.4, -0.2) is 73.6 Å². The van der Waals surface area contributed by atoms with E-state index in [0.717, 1.165) is 24.3 Å². The predicted molar refractivity (Wildman–Crippen MR) is 141 cm³/mol. The number of carbonyl (C=O) groups excluding carboxylic acids is 1. The van der Waals surface area contributed by atoms with Crippen LogP contribution in [0.15, 0.2) is 67.0 Å². The van der Waals surface area contributed by atoms with E-state index < -0.39 is 0 Å². The highest BCUT2D eigenvalue weighted by Crippen LogP contribution is 2.21. The highest BCUT2D eigenvalue weighted by atomic mass is 16.6. The molecule has 0 unspecified atom stereocenters. The summed E-state index contributed by atoms with van der Waals surface area (Å²) in [6.45, 7) is 3.23. The van der Waals surface area contributed by atoms with Gasteiger partial charge in [0.15, 0.2) is 0 Å². The molecule has 0 aliphatic carbocycles. The van der Waals surface area contributed by atoms with Crippen molar-refractivity contribution in [3.05, 3.63) is 72.6 Å². The van der Waals surface area contributed by atoms with Crippen LogP contribution < -0.4 is 24.3 Å². The Hall–Kier alpha value is -4.05. The van der Waals surface area contributed by atoms with Gasteiger partial charge in [0.2, 0.25) is 11.8 Å². The minimum Gasteiger partial charge on any atom is -0.490 e. The minimum absolute atomic E-state index is 0.0374. The Balaban J connectivity index is 0.000000204. The molecule has 2 fully saturated rings. The molecule has 0 saturated carbocycles. The summed E-state index contributed by atoms with van der Waals surface area (Å²) in [4.78, 5) is 22.0. The van der Waals surface area contributed by atoms with E-state index in [1.807, 2.05) is 36.4 Å². The van der Waals surface area contributed by atoms with E-state index in [9.17, 15) is 4.79 Å². The average molecular weight is 523 g/mol. The molecule has 3 aromatic rings. The van der Waals surface area contributed by atoms with Crippen molar-refractivity contribution in [3.8, 4) is 23.3 Å². The van der Waals surface area contributed by atoms with Crippen molar-refractivity contribution in [2.24, 2.45) is 0 Å². The summed E-state index contributed by atoms with van der Waals surface area (Å²) in [6, 6.07) is 17.4. The molecule has 10 heteroatoms. The second-order valence-electron chi connectivity index (χ2n) is 8.81. The Kier molecular flexibility index (Phi) is 9.97. The maximum Gasteiger partial charge on any atom is 0.410 e. The van der Waals surface area contributed by atoms with Gasteiger partial charge in [0, 0.05) is 24.7 Å². The number of nitrogens with zero attached hydrogens (tertiary/aromatic N) is 3. The number of benzene rings is 1. The summed E-state index contributed by atoms with van der Waals surface area (Å²) in [5, 5.41) is 3.27. The second-order valence-corrected chi connectivity index (χ2v) is 8.81. The molecule has 0 bridgehead atoms. The van der Waals surface area contributed by atoms with Gasteiger partial charge in [-0.05, 0) is 37.1 Å². The molecule has 10 nitrogen and oxygen atoms in total. The van der Waals surface area contributed by atoms with Crippen LogP contribution in [0.4, 0.5) is 4.79 Å². The number of aromatic nitrogens is 2. The summed E-state index contributed by atoms with van der Waals surface area (Å²) in [5.41, 5.74) is 0.975. The first-order valence-electron chi connectivity index (χ1n) is 12.6. The topological polar surface area (TPSA) is 104 Å². The van der Waals surface area contributed by atoms with Gasteiger partial charge in [-0.2, -0.15) is 0 Å². The first-order valence-corrected chi connectivity index (χ1v) is 12.6. The molecule has 2 saturated heterocycles. The van der Waals surface area contributed by atoms with Gasteiger partial charge in [0.25, 0.3) is 0 Å². The van der Waals surface area contributed by atoms with Crippen LogP contribution in [0, 0.1) is 0 Å². The number of rotatable bonds is 10. The summed E-state index contributed by atoms with van der Waals surface area (Å²) >= 11 is 0. The van der Waals surface area contributed by atoms with E-state index in [4.69, 9.17) is 23.7 Å². The van der Waals surface area contributed by atoms with Gasteiger partial charge in [-0.3, -0.25) is 0 Å². The Morgan fingerprint density at radius 3 is 2.00 bits per heavy atom. The SMILES string of the molecule is COc1ccc(OC[C@H]2CCN2)cn1.COc1ccc(OC[C@H]2CCN2C(=O)OCc2ccccc2)cn1. The van der Waals surface area contributed by atoms with Crippen LogP contribution in [0.2, 0.25) is 0 Å². The van der Waals surface area contributed by atoms with E-state index in [0.29, 0.717) is 43.3 Å². The number of carbonyl (C=O) groups is 1. The van der Waals surface area contributed by atoms with Crippen molar-refractivity contribution >= 4 is 6.09 Å². The van der Waals surface area contributed by atoms with Crippen molar-refractivity contribution in [2.75, 3.05) is 40.5 Å². The lowest BCUT2D eigenvalue weighted by Crippen LogP contribution is -2.54. The van der Waals surface area contributed by atoms with Crippen molar-refractivity contribution in [1.29, 1.82) is 0 Å². The Labute approximate surface area is 222 Å². The second kappa shape index (κ2) is 14.0. The molecular formula is C28H34N4O6. The number of amides is 1. The van der Waals surface area contributed by atoms with Crippen LogP contribution in [0.25, 0.3) is 0 Å². The molecule has 1 amide bonds. The van der Waals surface area contributed by atoms with E-state index in [1.54, 1.807) is 49.7 Å². The average Bonchev–Trinajstić information content (AvgIpc) is 2.92. The maximum atomic E-state index is 12.1. The lowest BCUT2D eigenvalue weighted by molar-refractivity contribution is 0.0259. The third-order valence-electron chi connectivity index (χ3n) is 6.24. The lowest BCUT2D eigenvalue weighted by Gasteiger charge is -2.39. The van der Waals surface area contributed by atoms with Crippen molar-refractivity contribution < 1.29 is 28.5 Å². The third-order valence-corrected chi connectivity index (χ3v) is 6.24. The number of pyridine rings is 2. The molecule has 38 heavy (non-hydrogen) atoms. The minimum atomic E-state index is -0.299. The molecule has 1 aromatic carbocycles. The van der Waals surface area contributed by atoms with E-state index in [-0.39, 0.29) is 18.7 Å². The van der Waals surface area contributed by atoms with Gasteiger partial charge in [-0.1, -0.05) is 30.3 Å². The van der Waals surface area contributed by atoms with Crippen LogP contribution in [0.3, 0.4) is 0 Å². The van der Waals surface area contributed by atoms with Crippen molar-refractivity contribution in [1.82, 2.24) is 20.2 Å². The fourth-order valence-electron chi connectivity index (χ4n) is 3.68. The zero-order chi connectivity index (χ0) is 26.6. The number of hydrogen-bond acceptors (Lipinski definition) is 9. The van der Waals surface area contributed by atoms with Gasteiger partial charge < -0.3 is 33.9 Å². The van der Waals surface area contributed by atoms with Crippen LogP contribution in [0.5, 0.6) is 23.3 Å². The number of likely N-dealkylation sites (tertiary alicyclic amines) is 1. The summed E-state index contributed by atoms with van der Waals surface area (Å²) < 4.78 is 26.5. The molecule has 4 heterocycles. The first kappa shape index (κ1) is 27.0. The number of methoxy groups -OCH3 is 2. The Bertz CT molecular complexity index is 1110. The fraction of sp³-hybridized carbons (Fsp3) is 0.393. The smallest absolute Gasteiger partial charge is 0.410 e. The van der Waals surface area contributed by atoms with E-state index in [1.165, 1.54) is 6.42 Å². The maximum absolute atomic E-state index is 12.1. The van der Waals surface area contributed by atoms with E-state index >= 15 is 0 Å². The molecular weight excluding hydrogens is 488 g/mol. The molecule has 0 radical (unpaired) electrons. The quantitative estimate of drug-likeness (QED) is 0.427. The number of ether oxygens (including phenoxy) is 5. The first-order chi connectivity index (χ1) is 18.6. The normalized spacial score (nSPS) is 17.6. The molecule has 2 aliphatic rings. The Morgan fingerprint density at radius 1 is 0.895 bits per heavy atom. The number of nitrogens with one attached hydrogen (secondary N) is 1. The van der Waals surface area contributed by atoms with Crippen LogP contribution >= 0.6 is 0 Å². The van der Waals surface area contributed by atoms with E-state index in [2.05, 4.69) is 15.3 Å². The molecule has 202 valence electrons. The van der Waals surface area contributed by atoms with Crippen molar-refractivity contribution in [3.63, 3.8) is 0 Å².